The van der Waals surface area contributed by atoms with Gasteiger partial charge in [-0.15, -0.1) is 0 Å². The average Bonchev–Trinajstić information content (AvgIpc) is 3.74. The van der Waals surface area contributed by atoms with Crippen molar-refractivity contribution in [1.29, 1.82) is 0 Å². The summed E-state index contributed by atoms with van der Waals surface area (Å²) < 4.78 is 28.3. The van der Waals surface area contributed by atoms with Crippen LogP contribution in [0.3, 0.4) is 0 Å². The van der Waals surface area contributed by atoms with E-state index in [1.165, 1.54) is 0 Å². The van der Waals surface area contributed by atoms with Crippen molar-refractivity contribution in [3.63, 3.8) is 0 Å². The first kappa shape index (κ1) is 33.7. The second kappa shape index (κ2) is 16.2. The van der Waals surface area contributed by atoms with Crippen LogP contribution in [0.5, 0.6) is 11.5 Å². The van der Waals surface area contributed by atoms with Gasteiger partial charge >= 0.3 is 6.09 Å². The molecule has 2 fully saturated rings. The fourth-order valence-electron chi connectivity index (χ4n) is 5.15. The van der Waals surface area contributed by atoms with Gasteiger partial charge in [0.05, 0.1) is 13.1 Å². The van der Waals surface area contributed by atoms with Crippen molar-refractivity contribution in [2.45, 2.75) is 64.3 Å². The predicted octanol–water partition coefficient (Wildman–Crippen LogP) is 4.83. The molecule has 2 saturated heterocycles. The molecule has 10 nitrogen and oxygen atoms in total. The molecular formula is C33H44N4O6V. The molecule has 4 aliphatic rings. The maximum Gasteiger partial charge on any atom is 0.410 e. The Morgan fingerprint density at radius 2 is 1.23 bits per heavy atom. The Morgan fingerprint density at radius 3 is 1.64 bits per heavy atom. The van der Waals surface area contributed by atoms with E-state index in [4.69, 9.17) is 23.7 Å². The number of hydrogen-bond acceptors (Lipinski definition) is 9. The fraction of sp³-hybridized carbons (Fsp3) is 0.545. The van der Waals surface area contributed by atoms with Crippen molar-refractivity contribution < 1.29 is 47.0 Å². The number of rotatable bonds is 6. The summed E-state index contributed by atoms with van der Waals surface area (Å²) >= 11 is 0. The van der Waals surface area contributed by atoms with Gasteiger partial charge < -0.3 is 33.9 Å². The van der Waals surface area contributed by atoms with Gasteiger partial charge in [0.2, 0.25) is 11.8 Å². The molecule has 1 amide bonds. The van der Waals surface area contributed by atoms with E-state index in [1.807, 2.05) is 69.3 Å². The van der Waals surface area contributed by atoms with E-state index in [0.29, 0.717) is 38.3 Å². The minimum atomic E-state index is -0.459. The number of nitrogens with one attached hydrogen (secondary N) is 1. The Bertz CT molecular complexity index is 1250. The van der Waals surface area contributed by atoms with Crippen molar-refractivity contribution in [3.8, 4) is 11.5 Å². The Balaban J connectivity index is 0.000000206. The third-order valence-electron chi connectivity index (χ3n) is 7.36. The molecule has 0 bridgehead atoms. The molecule has 0 atom stereocenters. The zero-order chi connectivity index (χ0) is 30.1. The SMILES string of the molecule is CC(C)(C)OC(=O)N1CCC(Oc2ccc(C3=NCCO3)cc2)CC1.[V].c1cc(C2=NCCO2)ccc1OC1CCNCC1. The quantitative estimate of drug-likeness (QED) is 0.481. The van der Waals surface area contributed by atoms with E-state index in [-0.39, 0.29) is 30.8 Å². The van der Waals surface area contributed by atoms with Gasteiger partial charge in [0.1, 0.15) is 42.5 Å². The molecule has 0 saturated carbocycles. The van der Waals surface area contributed by atoms with E-state index in [2.05, 4.69) is 15.3 Å². The molecule has 2 aromatic carbocycles. The first-order chi connectivity index (χ1) is 20.8. The van der Waals surface area contributed by atoms with Crippen molar-refractivity contribution >= 4 is 17.9 Å². The Labute approximate surface area is 272 Å². The van der Waals surface area contributed by atoms with Gasteiger partial charge in [0.15, 0.2) is 0 Å². The van der Waals surface area contributed by atoms with Gasteiger partial charge in [-0.1, -0.05) is 0 Å². The number of aliphatic imine (C=N–C) groups is 2. The van der Waals surface area contributed by atoms with E-state index in [0.717, 1.165) is 80.4 Å². The summed E-state index contributed by atoms with van der Waals surface area (Å²) in [6.07, 6.45) is 3.98. The number of likely N-dealkylation sites (tertiary alicyclic amines) is 1. The van der Waals surface area contributed by atoms with Crippen molar-refractivity contribution in [1.82, 2.24) is 10.2 Å². The smallest absolute Gasteiger partial charge is 0.410 e. The zero-order valence-electron chi connectivity index (χ0n) is 26.0. The van der Waals surface area contributed by atoms with Crippen molar-refractivity contribution in [3.05, 3.63) is 59.7 Å². The van der Waals surface area contributed by atoms with E-state index < -0.39 is 5.60 Å². The number of amides is 1. The van der Waals surface area contributed by atoms with Crippen LogP contribution < -0.4 is 14.8 Å². The molecule has 11 heteroatoms. The number of piperidine rings is 2. The van der Waals surface area contributed by atoms with Crippen LogP contribution in [0.1, 0.15) is 57.6 Å². The maximum atomic E-state index is 12.1. The third-order valence-corrected chi connectivity index (χ3v) is 7.36. The van der Waals surface area contributed by atoms with Gasteiger partial charge in [0.25, 0.3) is 0 Å². The molecular weight excluding hydrogens is 599 g/mol. The normalized spacial score (nSPS) is 18.8. The number of carbonyl (C=O) groups is 1. The number of hydrogen-bond donors (Lipinski definition) is 1. The predicted molar refractivity (Wildman–Crippen MR) is 166 cm³/mol. The van der Waals surface area contributed by atoms with Gasteiger partial charge in [0, 0.05) is 55.6 Å². The first-order valence-electron chi connectivity index (χ1n) is 15.4. The second-order valence-corrected chi connectivity index (χ2v) is 12.0. The summed E-state index contributed by atoms with van der Waals surface area (Å²) in [7, 11) is 0. The molecule has 44 heavy (non-hydrogen) atoms. The van der Waals surface area contributed by atoms with Crippen LogP contribution in [0.2, 0.25) is 0 Å². The van der Waals surface area contributed by atoms with E-state index in [1.54, 1.807) is 4.90 Å². The number of benzene rings is 2. The monoisotopic (exact) mass is 643 g/mol. The average molecular weight is 644 g/mol. The summed E-state index contributed by atoms with van der Waals surface area (Å²) in [6, 6.07) is 15.9. The molecule has 6 rings (SSSR count). The van der Waals surface area contributed by atoms with Gasteiger partial charge in [-0.2, -0.15) is 0 Å². The van der Waals surface area contributed by atoms with Gasteiger partial charge in [-0.3, -0.25) is 0 Å². The summed E-state index contributed by atoms with van der Waals surface area (Å²) in [4.78, 5) is 22.4. The zero-order valence-corrected chi connectivity index (χ0v) is 27.4. The summed E-state index contributed by atoms with van der Waals surface area (Å²) in [6.45, 7) is 11.9. The Morgan fingerprint density at radius 1 is 0.773 bits per heavy atom. The summed E-state index contributed by atoms with van der Waals surface area (Å²) in [5.41, 5.74) is 1.55. The first-order valence-corrected chi connectivity index (χ1v) is 15.4. The Hall–Kier alpha value is -3.21. The molecule has 4 aliphatic heterocycles. The van der Waals surface area contributed by atoms with Crippen LogP contribution >= 0.6 is 0 Å². The maximum absolute atomic E-state index is 12.1. The van der Waals surface area contributed by atoms with Gasteiger partial charge in [-0.05, 0) is 95.2 Å². The van der Waals surface area contributed by atoms with Crippen LogP contribution in [0.4, 0.5) is 4.79 Å². The van der Waals surface area contributed by atoms with Crippen LogP contribution in [0.15, 0.2) is 58.5 Å². The molecule has 237 valence electrons. The summed E-state index contributed by atoms with van der Waals surface area (Å²) in [5.74, 6) is 3.22. The molecule has 2 aromatic rings. The van der Waals surface area contributed by atoms with E-state index >= 15 is 0 Å². The standard InChI is InChI=1S/C19H26N2O4.C14H18N2O2.V/c1-19(2,3)25-18(22)21-11-8-16(9-12-21)24-15-6-4-14(5-7-15)17-20-10-13-23-17;1-3-12(18-13-5-7-15-8-6-13)4-2-11(1)14-16-9-10-17-14;/h4-7,16H,8-13H2,1-3H3;1-4,13,15H,5-10H2;. The van der Waals surface area contributed by atoms with Crippen LogP contribution in [0.25, 0.3) is 0 Å². The fourth-order valence-corrected chi connectivity index (χ4v) is 5.15. The molecule has 4 heterocycles. The van der Waals surface area contributed by atoms with Gasteiger partial charge in [-0.25, -0.2) is 14.8 Å². The second-order valence-electron chi connectivity index (χ2n) is 12.0. The Kier molecular flexibility index (Phi) is 12.4. The number of carbonyl (C=O) groups excluding carboxylic acids is 1. The van der Waals surface area contributed by atoms with Crippen LogP contribution in [0, 0.1) is 0 Å². The minimum Gasteiger partial charge on any atom is -0.490 e. The van der Waals surface area contributed by atoms with Crippen molar-refractivity contribution in [2.24, 2.45) is 9.98 Å². The van der Waals surface area contributed by atoms with Crippen LogP contribution in [-0.2, 0) is 32.8 Å². The van der Waals surface area contributed by atoms with Crippen molar-refractivity contribution in [2.75, 3.05) is 52.5 Å². The molecule has 0 aromatic heterocycles. The topological polar surface area (TPSA) is 103 Å². The molecule has 0 spiro atoms. The van der Waals surface area contributed by atoms with Crippen LogP contribution in [-0.4, -0.2) is 93.1 Å². The minimum absolute atomic E-state index is 0. The third kappa shape index (κ3) is 10.2. The van der Waals surface area contributed by atoms with E-state index in [9.17, 15) is 4.79 Å². The number of nitrogens with zero attached hydrogens (tertiary/aromatic N) is 3. The number of ether oxygens (including phenoxy) is 5. The summed E-state index contributed by atoms with van der Waals surface area (Å²) in [5, 5.41) is 3.33. The molecule has 0 aliphatic carbocycles. The molecule has 0 unspecified atom stereocenters. The molecule has 1 N–H and O–H groups in total. The molecule has 1 radical (unpaired) electrons. The largest absolute Gasteiger partial charge is 0.490 e.